The number of benzene rings is 1. The number of cyclic esters (lactones) is 1. The van der Waals surface area contributed by atoms with E-state index < -0.39 is 12.0 Å². The Morgan fingerprint density at radius 1 is 1.40 bits per heavy atom. The molecule has 0 aliphatic carbocycles. The highest BCUT2D eigenvalue weighted by atomic mass is 16.7. The van der Waals surface area contributed by atoms with Crippen molar-refractivity contribution in [3.8, 4) is 0 Å². The summed E-state index contributed by atoms with van der Waals surface area (Å²) < 4.78 is 4.88. The van der Waals surface area contributed by atoms with Gasteiger partial charge in [-0.1, -0.05) is 18.2 Å². The average molecular weight is 277 g/mol. The molecular formula is C15H19NO4. The molecule has 1 aliphatic rings. The number of hydrogen-bond donors (Lipinski definition) is 0. The Kier molecular flexibility index (Phi) is 4.39. The molecule has 1 unspecified atom stereocenters. The number of carbonyl (C=O) groups is 2. The van der Waals surface area contributed by atoms with Gasteiger partial charge in [0.2, 0.25) is 5.91 Å². The molecule has 1 heterocycles. The number of amides is 1. The van der Waals surface area contributed by atoms with E-state index in [2.05, 4.69) is 0 Å². The summed E-state index contributed by atoms with van der Waals surface area (Å²) in [6, 6.07) is 5.34. The van der Waals surface area contributed by atoms with Crippen molar-refractivity contribution in [1.29, 1.82) is 0 Å². The fourth-order valence-corrected chi connectivity index (χ4v) is 2.31. The number of carbonyl (C=O) groups excluding carboxylic acids is 2. The van der Waals surface area contributed by atoms with E-state index in [0.29, 0.717) is 13.0 Å². The van der Waals surface area contributed by atoms with Gasteiger partial charge < -0.3 is 4.74 Å². The largest absolute Gasteiger partial charge is 0.464 e. The highest BCUT2D eigenvalue weighted by molar-refractivity contribution is 5.83. The predicted octanol–water partition coefficient (Wildman–Crippen LogP) is 1.90. The van der Waals surface area contributed by atoms with E-state index >= 15 is 0 Å². The zero-order valence-electron chi connectivity index (χ0n) is 12.0. The number of nitrogens with zero attached hydrogens (tertiary/aromatic N) is 1. The molecule has 0 aromatic heterocycles. The number of hydroxylamine groups is 2. The zero-order chi connectivity index (χ0) is 14.7. The van der Waals surface area contributed by atoms with Crippen molar-refractivity contribution in [3.63, 3.8) is 0 Å². The molecule has 1 aromatic rings. The highest BCUT2D eigenvalue weighted by Gasteiger charge is 2.35. The van der Waals surface area contributed by atoms with Crippen LogP contribution in [0.2, 0.25) is 0 Å². The van der Waals surface area contributed by atoms with Crippen molar-refractivity contribution >= 4 is 11.9 Å². The molecule has 1 saturated heterocycles. The van der Waals surface area contributed by atoms with Gasteiger partial charge in [-0.25, -0.2) is 9.86 Å². The lowest BCUT2D eigenvalue weighted by molar-refractivity contribution is -0.205. The predicted molar refractivity (Wildman–Crippen MR) is 72.6 cm³/mol. The normalized spacial score (nSPS) is 17.9. The Bertz CT molecular complexity index is 506. The van der Waals surface area contributed by atoms with Gasteiger partial charge in [0.15, 0.2) is 6.04 Å². The van der Waals surface area contributed by atoms with E-state index in [0.717, 1.165) is 21.8 Å². The standard InChI is InChI=1S/C15H19NO4/c1-10-5-4-6-11(2)13(10)9-20-16(12(3)17)14-7-8-19-15(14)18/h4-6,14H,7-9H2,1-3H3. The Labute approximate surface area is 118 Å². The van der Waals surface area contributed by atoms with Crippen LogP contribution >= 0.6 is 0 Å². The summed E-state index contributed by atoms with van der Waals surface area (Å²) in [7, 11) is 0. The molecule has 2 rings (SSSR count). The van der Waals surface area contributed by atoms with E-state index in [1.165, 1.54) is 6.92 Å². The van der Waals surface area contributed by atoms with Crippen molar-refractivity contribution in [2.75, 3.05) is 6.61 Å². The number of ether oxygens (including phenoxy) is 1. The van der Waals surface area contributed by atoms with Gasteiger partial charge in [-0.15, -0.1) is 0 Å². The van der Waals surface area contributed by atoms with E-state index in [-0.39, 0.29) is 12.5 Å². The molecule has 0 N–H and O–H groups in total. The van der Waals surface area contributed by atoms with Crippen LogP contribution in [0.15, 0.2) is 18.2 Å². The third kappa shape index (κ3) is 2.99. The first-order valence-electron chi connectivity index (χ1n) is 6.65. The summed E-state index contributed by atoms with van der Waals surface area (Å²) in [5.74, 6) is -0.693. The van der Waals surface area contributed by atoms with Gasteiger partial charge in [0.1, 0.15) is 6.61 Å². The van der Waals surface area contributed by atoms with Crippen molar-refractivity contribution in [2.45, 2.75) is 39.8 Å². The molecule has 1 aromatic carbocycles. The molecule has 5 heteroatoms. The van der Waals surface area contributed by atoms with Gasteiger partial charge in [0.25, 0.3) is 0 Å². The Hall–Kier alpha value is -1.88. The molecule has 0 bridgehead atoms. The molecule has 1 aliphatic heterocycles. The van der Waals surface area contributed by atoms with Crippen LogP contribution in [0.5, 0.6) is 0 Å². The summed E-state index contributed by atoms with van der Waals surface area (Å²) >= 11 is 0. The van der Waals surface area contributed by atoms with Crippen LogP contribution < -0.4 is 0 Å². The van der Waals surface area contributed by atoms with Crippen LogP contribution in [0.3, 0.4) is 0 Å². The van der Waals surface area contributed by atoms with Crippen LogP contribution in [-0.4, -0.2) is 29.6 Å². The second kappa shape index (κ2) is 6.05. The van der Waals surface area contributed by atoms with Gasteiger partial charge in [-0.05, 0) is 30.5 Å². The first kappa shape index (κ1) is 14.5. The van der Waals surface area contributed by atoms with Gasteiger partial charge in [-0.3, -0.25) is 9.63 Å². The van der Waals surface area contributed by atoms with Crippen molar-refractivity contribution in [3.05, 3.63) is 34.9 Å². The maximum Gasteiger partial charge on any atom is 0.331 e. The molecule has 1 atom stereocenters. The van der Waals surface area contributed by atoms with Crippen LogP contribution in [0, 0.1) is 13.8 Å². The molecule has 0 saturated carbocycles. The van der Waals surface area contributed by atoms with Crippen LogP contribution in [-0.2, 0) is 25.8 Å². The first-order chi connectivity index (χ1) is 9.50. The van der Waals surface area contributed by atoms with Gasteiger partial charge in [-0.2, -0.15) is 0 Å². The Morgan fingerprint density at radius 2 is 2.05 bits per heavy atom. The van der Waals surface area contributed by atoms with Crippen LogP contribution in [0.25, 0.3) is 0 Å². The molecule has 1 amide bonds. The van der Waals surface area contributed by atoms with E-state index in [1.807, 2.05) is 32.0 Å². The minimum absolute atomic E-state index is 0.266. The van der Waals surface area contributed by atoms with E-state index in [4.69, 9.17) is 9.57 Å². The lowest BCUT2D eigenvalue weighted by atomic mass is 10.0. The molecule has 5 nitrogen and oxygen atoms in total. The Morgan fingerprint density at radius 3 is 2.55 bits per heavy atom. The zero-order valence-corrected chi connectivity index (χ0v) is 12.0. The molecule has 0 radical (unpaired) electrons. The minimum Gasteiger partial charge on any atom is -0.464 e. The monoisotopic (exact) mass is 277 g/mol. The summed E-state index contributed by atoms with van der Waals surface area (Å²) in [4.78, 5) is 28.8. The molecule has 20 heavy (non-hydrogen) atoms. The number of hydrogen-bond acceptors (Lipinski definition) is 4. The molecular weight excluding hydrogens is 258 g/mol. The minimum atomic E-state index is -0.628. The van der Waals surface area contributed by atoms with Crippen LogP contribution in [0.1, 0.15) is 30.0 Å². The third-order valence-electron chi connectivity index (χ3n) is 3.49. The summed E-state index contributed by atoms with van der Waals surface area (Å²) in [5, 5.41) is 1.14. The maximum absolute atomic E-state index is 11.7. The summed E-state index contributed by atoms with van der Waals surface area (Å²) in [5.41, 5.74) is 3.23. The van der Waals surface area contributed by atoms with Crippen LogP contribution in [0.4, 0.5) is 0 Å². The van der Waals surface area contributed by atoms with Gasteiger partial charge in [0.05, 0.1) is 6.61 Å². The van der Waals surface area contributed by atoms with Crippen molar-refractivity contribution in [1.82, 2.24) is 5.06 Å². The van der Waals surface area contributed by atoms with Gasteiger partial charge in [0, 0.05) is 13.3 Å². The molecule has 108 valence electrons. The quantitative estimate of drug-likeness (QED) is 0.623. The lowest BCUT2D eigenvalue weighted by Gasteiger charge is -2.24. The topological polar surface area (TPSA) is 55.8 Å². The smallest absolute Gasteiger partial charge is 0.331 e. The SMILES string of the molecule is CC(=O)N(OCc1c(C)cccc1C)C1CCOC1=O. The summed E-state index contributed by atoms with van der Waals surface area (Å²) in [6.07, 6.45) is 0.477. The second-order valence-electron chi connectivity index (χ2n) is 4.96. The first-order valence-corrected chi connectivity index (χ1v) is 6.65. The number of rotatable bonds is 4. The van der Waals surface area contributed by atoms with Gasteiger partial charge >= 0.3 is 5.97 Å². The van der Waals surface area contributed by atoms with E-state index in [9.17, 15) is 9.59 Å². The fraction of sp³-hybridized carbons (Fsp3) is 0.467. The number of esters is 1. The third-order valence-corrected chi connectivity index (χ3v) is 3.49. The second-order valence-corrected chi connectivity index (χ2v) is 4.96. The average Bonchev–Trinajstić information content (AvgIpc) is 2.79. The van der Waals surface area contributed by atoms with E-state index in [1.54, 1.807) is 0 Å². The maximum atomic E-state index is 11.7. The highest BCUT2D eigenvalue weighted by Crippen LogP contribution is 2.19. The molecule has 0 spiro atoms. The van der Waals surface area contributed by atoms with Crippen molar-refractivity contribution in [2.24, 2.45) is 0 Å². The van der Waals surface area contributed by atoms with Crippen molar-refractivity contribution < 1.29 is 19.2 Å². The molecule has 1 fully saturated rings. The number of aryl methyl sites for hydroxylation is 2. The fourth-order valence-electron chi connectivity index (χ4n) is 2.31. The summed E-state index contributed by atoms with van der Waals surface area (Å²) in [6.45, 7) is 5.97. The lowest BCUT2D eigenvalue weighted by Crippen LogP contribution is -2.41. The Balaban J connectivity index is 2.10.